The summed E-state index contributed by atoms with van der Waals surface area (Å²) in [4.78, 5) is 9.26. The molecule has 0 atom stereocenters. The predicted octanol–water partition coefficient (Wildman–Crippen LogP) is 12.2. The molecule has 0 bridgehead atoms. The normalized spacial score (nSPS) is 13.0. The average Bonchev–Trinajstić information content (AvgIpc) is 3.82. The van der Waals surface area contributed by atoms with Crippen LogP contribution in [0.1, 0.15) is 19.4 Å². The van der Waals surface area contributed by atoms with Crippen molar-refractivity contribution in [3.05, 3.63) is 186 Å². The third-order valence-corrected chi connectivity index (χ3v) is 9.36. The second-order valence-corrected chi connectivity index (χ2v) is 12.5. The van der Waals surface area contributed by atoms with Crippen molar-refractivity contribution in [2.45, 2.75) is 13.7 Å². The van der Waals surface area contributed by atoms with E-state index in [4.69, 9.17) is 13.2 Å². The van der Waals surface area contributed by atoms with Crippen molar-refractivity contribution in [2.75, 3.05) is 0 Å². The number of imidazole rings is 1. The summed E-state index contributed by atoms with van der Waals surface area (Å²) in [7, 11) is 0. The van der Waals surface area contributed by atoms with E-state index in [1.54, 1.807) is 30.3 Å². The zero-order chi connectivity index (χ0) is 38.9. The number of hydrogen-bond acceptors (Lipinski definition) is 3. The molecule has 3 aromatic heterocycles. The van der Waals surface area contributed by atoms with Crippen LogP contribution in [0.5, 0.6) is 0 Å². The van der Waals surface area contributed by atoms with Gasteiger partial charge >= 0.3 is 0 Å². The molecule has 0 saturated carbocycles. The van der Waals surface area contributed by atoms with Gasteiger partial charge < -0.3 is 9.55 Å². The van der Waals surface area contributed by atoms with Gasteiger partial charge in [-0.05, 0) is 48.2 Å². The van der Waals surface area contributed by atoms with Gasteiger partial charge in [0.1, 0.15) is 0 Å². The smallest absolute Gasteiger partial charge is 0.0774 e. The Morgan fingerprint density at radius 2 is 1.35 bits per heavy atom. The summed E-state index contributed by atoms with van der Waals surface area (Å²) in [5.74, 6) is 0.732. The number of aromatic nitrogens is 3. The molecule has 0 aliphatic rings. The van der Waals surface area contributed by atoms with Gasteiger partial charge in [0, 0.05) is 45.7 Å². The fourth-order valence-corrected chi connectivity index (χ4v) is 6.97. The SMILES string of the molecule is [2H]C([2H])([2H])c1ccc(-c2[c-]cccc2)nc1.[2H]C([2H])([2H])c1ccc2s[c-]c(-c3nc4ccccc4n3-c3c(-c4ccccc4)cccc3-c3ccccc3)c2c1.[Ir]. The zero-order valence-corrected chi connectivity index (χ0v) is 30.4. The van der Waals surface area contributed by atoms with Gasteiger partial charge in [0.2, 0.25) is 0 Å². The minimum Gasteiger partial charge on any atom is -0.332 e. The Labute approximate surface area is 324 Å². The Bertz CT molecular complexity index is 2710. The predicted molar refractivity (Wildman–Crippen MR) is 210 cm³/mol. The Morgan fingerprint density at radius 1 is 0.667 bits per heavy atom. The van der Waals surface area contributed by atoms with E-state index in [9.17, 15) is 0 Å². The van der Waals surface area contributed by atoms with Crippen LogP contribution in [0.15, 0.2) is 164 Å². The molecule has 3 nitrogen and oxygen atoms in total. The largest absolute Gasteiger partial charge is 0.332 e. The van der Waals surface area contributed by atoms with E-state index in [-0.39, 0.29) is 25.7 Å². The van der Waals surface area contributed by atoms with Crippen LogP contribution in [-0.2, 0) is 20.1 Å². The number of pyridine rings is 1. The third kappa shape index (κ3) is 6.97. The van der Waals surface area contributed by atoms with Gasteiger partial charge in [0.05, 0.1) is 22.5 Å². The molecule has 0 amide bonds. The molecule has 0 saturated heterocycles. The summed E-state index contributed by atoms with van der Waals surface area (Å²) in [5, 5.41) is 4.31. The van der Waals surface area contributed by atoms with Crippen LogP contribution in [0.4, 0.5) is 0 Å². The molecule has 249 valence electrons. The first-order valence-corrected chi connectivity index (χ1v) is 17.0. The number of hydrogen-bond donors (Lipinski definition) is 0. The van der Waals surface area contributed by atoms with E-state index in [0.717, 1.165) is 71.7 Å². The topological polar surface area (TPSA) is 30.7 Å². The van der Waals surface area contributed by atoms with Crippen LogP contribution in [0.25, 0.3) is 71.7 Å². The monoisotopic (exact) mass is 858 g/mol. The standard InChI is InChI=1S/C34H23N2S.C12H10N.Ir/c1-23-19-20-32-28(21-23)29(22-37-32)34-35-30-17-8-9-18-31(30)36(34)33-26(24-11-4-2-5-12-24)15-10-16-27(33)25-13-6-3-7-14-25;1-10-7-8-12(13-9-10)11-5-3-2-4-6-11;/h2-21H,1H3;2-5,7-9H,1H3;/q2*-1;/i2*1D3;. The molecule has 0 fully saturated rings. The minimum atomic E-state index is -2.20. The molecule has 0 aliphatic carbocycles. The summed E-state index contributed by atoms with van der Waals surface area (Å²) in [6.45, 7) is -4.29. The Morgan fingerprint density at radius 3 is 2.02 bits per heavy atom. The average molecular weight is 858 g/mol. The molecule has 0 aliphatic heterocycles. The number of thiophene rings is 1. The number of rotatable bonds is 5. The molecule has 5 heteroatoms. The maximum atomic E-state index is 7.99. The second kappa shape index (κ2) is 15.2. The van der Waals surface area contributed by atoms with Gasteiger partial charge in [-0.25, -0.2) is 0 Å². The second-order valence-electron chi connectivity index (χ2n) is 11.7. The Kier molecular flexibility index (Phi) is 8.14. The van der Waals surface area contributed by atoms with Crippen LogP contribution in [0.2, 0.25) is 0 Å². The number of para-hydroxylation sites is 3. The molecule has 0 spiro atoms. The molecule has 51 heavy (non-hydrogen) atoms. The van der Waals surface area contributed by atoms with Gasteiger partial charge in [0.25, 0.3) is 0 Å². The molecular formula is C46H33IrN3S-2. The fraction of sp³-hybridized carbons (Fsp3) is 0.0435. The molecule has 3 heterocycles. The van der Waals surface area contributed by atoms with Crippen molar-refractivity contribution < 1.29 is 28.3 Å². The van der Waals surface area contributed by atoms with Crippen molar-refractivity contribution in [2.24, 2.45) is 0 Å². The molecular weight excluding hydrogens is 819 g/mol. The number of benzene rings is 6. The van der Waals surface area contributed by atoms with E-state index in [2.05, 4.69) is 93.8 Å². The van der Waals surface area contributed by atoms with Gasteiger partial charge in [-0.15, -0.1) is 47.3 Å². The summed E-state index contributed by atoms with van der Waals surface area (Å²) in [5.41, 5.74) is 10.2. The van der Waals surface area contributed by atoms with E-state index < -0.39 is 13.7 Å². The van der Waals surface area contributed by atoms with Gasteiger partial charge in [0.15, 0.2) is 0 Å². The summed E-state index contributed by atoms with van der Waals surface area (Å²) < 4.78 is 48.9. The number of fused-ring (bicyclic) bond motifs is 2. The number of aryl methyl sites for hydroxylation is 2. The Balaban J connectivity index is 0.000000246. The maximum Gasteiger partial charge on any atom is 0.0774 e. The van der Waals surface area contributed by atoms with Gasteiger partial charge in [-0.1, -0.05) is 136 Å². The zero-order valence-electron chi connectivity index (χ0n) is 33.2. The number of nitrogens with zero attached hydrogens (tertiary/aromatic N) is 3. The first kappa shape index (κ1) is 27.3. The van der Waals surface area contributed by atoms with Gasteiger partial charge in [-0.2, -0.15) is 0 Å². The molecule has 9 rings (SSSR count). The van der Waals surface area contributed by atoms with E-state index in [1.165, 1.54) is 17.5 Å². The molecule has 6 aromatic carbocycles. The van der Waals surface area contributed by atoms with Crippen molar-refractivity contribution in [3.63, 3.8) is 0 Å². The van der Waals surface area contributed by atoms with Crippen LogP contribution in [-0.4, -0.2) is 14.5 Å². The molecule has 0 unspecified atom stereocenters. The fourth-order valence-electron chi connectivity index (χ4n) is 6.15. The first-order chi connectivity index (χ1) is 27.1. The summed E-state index contributed by atoms with van der Waals surface area (Å²) in [6.07, 6.45) is 1.39. The van der Waals surface area contributed by atoms with Crippen molar-refractivity contribution in [1.82, 2.24) is 14.5 Å². The van der Waals surface area contributed by atoms with Crippen molar-refractivity contribution in [1.29, 1.82) is 0 Å². The molecule has 1 radical (unpaired) electrons. The first-order valence-electron chi connectivity index (χ1n) is 19.2. The molecule has 9 aromatic rings. The summed E-state index contributed by atoms with van der Waals surface area (Å²) in [6, 6.07) is 54.4. The molecule has 0 N–H and O–H groups in total. The van der Waals surface area contributed by atoms with Crippen LogP contribution >= 0.6 is 11.3 Å². The quantitative estimate of drug-likeness (QED) is 0.161. The van der Waals surface area contributed by atoms with Crippen LogP contribution < -0.4 is 0 Å². The minimum absolute atomic E-state index is 0. The van der Waals surface area contributed by atoms with E-state index >= 15 is 0 Å². The summed E-state index contributed by atoms with van der Waals surface area (Å²) >= 11 is 1.48. The maximum absolute atomic E-state index is 7.99. The van der Waals surface area contributed by atoms with E-state index in [0.29, 0.717) is 5.56 Å². The van der Waals surface area contributed by atoms with Crippen LogP contribution in [0.3, 0.4) is 0 Å². The van der Waals surface area contributed by atoms with Gasteiger partial charge in [-0.3, -0.25) is 16.3 Å². The van der Waals surface area contributed by atoms with Crippen molar-refractivity contribution >= 4 is 32.5 Å². The van der Waals surface area contributed by atoms with Crippen LogP contribution in [0, 0.1) is 25.2 Å². The van der Waals surface area contributed by atoms with E-state index in [1.807, 2.05) is 54.6 Å². The Hall–Kier alpha value is -5.45. The van der Waals surface area contributed by atoms with Crippen molar-refractivity contribution in [3.8, 4) is 50.6 Å². The third-order valence-electron chi connectivity index (χ3n) is 8.47.